The Balaban J connectivity index is 1.91. The van der Waals surface area contributed by atoms with E-state index in [0.29, 0.717) is 11.9 Å². The summed E-state index contributed by atoms with van der Waals surface area (Å²) in [6.07, 6.45) is 3.94. The van der Waals surface area contributed by atoms with Crippen LogP contribution in [0, 0.1) is 6.92 Å². The van der Waals surface area contributed by atoms with Crippen molar-refractivity contribution in [2.45, 2.75) is 44.1 Å². The SMILES string of the molecule is Cc1nn(C)c(N2CCC3CCC(C2)N3C)c1CCl. The second-order valence-electron chi connectivity index (χ2n) is 5.93. The van der Waals surface area contributed by atoms with Crippen LogP contribution in [-0.2, 0) is 12.9 Å². The summed E-state index contributed by atoms with van der Waals surface area (Å²) in [6.45, 7) is 4.28. The van der Waals surface area contributed by atoms with Crippen molar-refractivity contribution in [3.63, 3.8) is 0 Å². The lowest BCUT2D eigenvalue weighted by Gasteiger charge is -2.28. The molecule has 0 aliphatic carbocycles. The lowest BCUT2D eigenvalue weighted by Crippen LogP contribution is -2.37. The van der Waals surface area contributed by atoms with Crippen molar-refractivity contribution in [1.82, 2.24) is 14.7 Å². The second kappa shape index (κ2) is 4.98. The highest BCUT2D eigenvalue weighted by Gasteiger charge is 2.35. The Hall–Kier alpha value is -0.740. The highest BCUT2D eigenvalue weighted by molar-refractivity contribution is 6.17. The van der Waals surface area contributed by atoms with E-state index in [2.05, 4.69) is 28.9 Å². The Morgan fingerprint density at radius 3 is 2.68 bits per heavy atom. The van der Waals surface area contributed by atoms with Crippen LogP contribution in [0.4, 0.5) is 5.82 Å². The zero-order chi connectivity index (χ0) is 13.6. The van der Waals surface area contributed by atoms with Crippen LogP contribution in [0.3, 0.4) is 0 Å². The Labute approximate surface area is 120 Å². The van der Waals surface area contributed by atoms with Gasteiger partial charge in [-0.25, -0.2) is 0 Å². The van der Waals surface area contributed by atoms with E-state index in [4.69, 9.17) is 11.6 Å². The number of likely N-dealkylation sites (N-methyl/N-ethyl adjacent to an activating group) is 1. The van der Waals surface area contributed by atoms with Crippen molar-refractivity contribution in [2.24, 2.45) is 7.05 Å². The molecule has 0 N–H and O–H groups in total. The topological polar surface area (TPSA) is 24.3 Å². The summed E-state index contributed by atoms with van der Waals surface area (Å²) in [6, 6.07) is 1.45. The van der Waals surface area contributed by atoms with Gasteiger partial charge in [0.2, 0.25) is 0 Å². The average Bonchev–Trinajstić information content (AvgIpc) is 2.77. The van der Waals surface area contributed by atoms with E-state index in [9.17, 15) is 0 Å². The second-order valence-corrected chi connectivity index (χ2v) is 6.20. The first-order chi connectivity index (χ1) is 9.11. The van der Waals surface area contributed by atoms with Gasteiger partial charge in [0.05, 0.1) is 11.6 Å². The van der Waals surface area contributed by atoms with E-state index in [-0.39, 0.29) is 0 Å². The van der Waals surface area contributed by atoms with Gasteiger partial charge in [0, 0.05) is 37.8 Å². The van der Waals surface area contributed by atoms with Gasteiger partial charge in [-0.2, -0.15) is 5.10 Å². The van der Waals surface area contributed by atoms with Crippen LogP contribution >= 0.6 is 11.6 Å². The molecule has 2 fully saturated rings. The molecule has 0 aromatic carbocycles. The lowest BCUT2D eigenvalue weighted by atomic mass is 10.1. The highest BCUT2D eigenvalue weighted by Crippen LogP contribution is 2.33. The Morgan fingerprint density at radius 2 is 1.95 bits per heavy atom. The fraction of sp³-hybridized carbons (Fsp3) is 0.786. The highest BCUT2D eigenvalue weighted by atomic mass is 35.5. The first kappa shape index (κ1) is 13.3. The molecule has 0 radical (unpaired) electrons. The molecule has 106 valence electrons. The molecule has 2 aliphatic heterocycles. The largest absolute Gasteiger partial charge is 0.355 e. The lowest BCUT2D eigenvalue weighted by molar-refractivity contribution is 0.254. The number of rotatable bonds is 2. The van der Waals surface area contributed by atoms with Crippen LogP contribution in [0.2, 0.25) is 0 Å². The fourth-order valence-electron chi connectivity index (χ4n) is 3.74. The number of aromatic nitrogens is 2. The molecule has 2 saturated heterocycles. The molecular formula is C14H23ClN4. The van der Waals surface area contributed by atoms with Crippen LogP contribution in [0.1, 0.15) is 30.5 Å². The van der Waals surface area contributed by atoms with Crippen LogP contribution in [0.25, 0.3) is 0 Å². The smallest absolute Gasteiger partial charge is 0.131 e. The fourth-order valence-corrected chi connectivity index (χ4v) is 4.06. The van der Waals surface area contributed by atoms with Gasteiger partial charge in [0.1, 0.15) is 5.82 Å². The first-order valence-electron chi connectivity index (χ1n) is 7.17. The Bertz CT molecular complexity index is 470. The number of hydrogen-bond acceptors (Lipinski definition) is 3. The monoisotopic (exact) mass is 282 g/mol. The summed E-state index contributed by atoms with van der Waals surface area (Å²) >= 11 is 6.13. The summed E-state index contributed by atoms with van der Waals surface area (Å²) < 4.78 is 2.01. The van der Waals surface area contributed by atoms with Crippen molar-refractivity contribution < 1.29 is 0 Å². The number of nitrogens with zero attached hydrogens (tertiary/aromatic N) is 4. The van der Waals surface area contributed by atoms with Gasteiger partial charge in [0.15, 0.2) is 0 Å². The zero-order valence-electron chi connectivity index (χ0n) is 12.1. The number of aryl methyl sites for hydroxylation is 2. The maximum Gasteiger partial charge on any atom is 0.131 e. The average molecular weight is 283 g/mol. The molecular weight excluding hydrogens is 260 g/mol. The third-order valence-corrected chi connectivity index (χ3v) is 5.16. The van der Waals surface area contributed by atoms with E-state index in [1.165, 1.54) is 30.6 Å². The summed E-state index contributed by atoms with van der Waals surface area (Å²) in [7, 11) is 4.31. The van der Waals surface area contributed by atoms with Crippen molar-refractivity contribution in [1.29, 1.82) is 0 Å². The number of fused-ring (bicyclic) bond motifs is 2. The maximum atomic E-state index is 6.13. The minimum Gasteiger partial charge on any atom is -0.355 e. The molecule has 1 aromatic rings. The molecule has 4 nitrogen and oxygen atoms in total. The minimum atomic E-state index is 0.551. The van der Waals surface area contributed by atoms with E-state index in [1.54, 1.807) is 0 Å². The molecule has 0 spiro atoms. The standard InChI is InChI=1S/C14H23ClN4/c1-10-13(8-15)14(18(3)16-10)19-7-6-11-4-5-12(9-19)17(11)2/h11-12H,4-9H2,1-3H3. The summed E-state index contributed by atoms with van der Waals surface area (Å²) in [5, 5.41) is 4.55. The molecule has 1 aromatic heterocycles. The summed E-state index contributed by atoms with van der Waals surface area (Å²) in [4.78, 5) is 5.07. The molecule has 5 heteroatoms. The predicted octanol–water partition coefficient (Wildman–Crippen LogP) is 2.14. The number of halogens is 1. The number of anilines is 1. The van der Waals surface area contributed by atoms with E-state index < -0.39 is 0 Å². The molecule has 2 bridgehead atoms. The third kappa shape index (κ3) is 2.15. The van der Waals surface area contributed by atoms with Crippen LogP contribution < -0.4 is 4.90 Å². The molecule has 2 unspecified atom stereocenters. The van der Waals surface area contributed by atoms with Gasteiger partial charge < -0.3 is 4.90 Å². The van der Waals surface area contributed by atoms with Gasteiger partial charge in [-0.15, -0.1) is 11.6 Å². The van der Waals surface area contributed by atoms with Gasteiger partial charge >= 0.3 is 0 Å². The first-order valence-corrected chi connectivity index (χ1v) is 7.70. The van der Waals surface area contributed by atoms with Crippen molar-refractivity contribution in [3.8, 4) is 0 Å². The van der Waals surface area contributed by atoms with Gasteiger partial charge in [-0.3, -0.25) is 9.58 Å². The summed E-state index contributed by atoms with van der Waals surface area (Å²) in [5.41, 5.74) is 2.26. The van der Waals surface area contributed by atoms with E-state index in [1.807, 2.05) is 11.7 Å². The number of alkyl halides is 1. The van der Waals surface area contributed by atoms with Gasteiger partial charge in [-0.05, 0) is 33.2 Å². The number of hydrogen-bond donors (Lipinski definition) is 0. The maximum absolute atomic E-state index is 6.13. The zero-order valence-corrected chi connectivity index (χ0v) is 12.8. The van der Waals surface area contributed by atoms with Gasteiger partial charge in [-0.1, -0.05) is 0 Å². The Morgan fingerprint density at radius 1 is 1.21 bits per heavy atom. The Kier molecular flexibility index (Phi) is 3.48. The normalized spacial score (nSPS) is 27.9. The van der Waals surface area contributed by atoms with Crippen LogP contribution in [-0.4, -0.2) is 46.9 Å². The van der Waals surface area contributed by atoms with Crippen molar-refractivity contribution >= 4 is 17.4 Å². The quantitative estimate of drug-likeness (QED) is 0.777. The molecule has 3 heterocycles. The molecule has 3 rings (SSSR count). The predicted molar refractivity (Wildman–Crippen MR) is 78.9 cm³/mol. The summed E-state index contributed by atoms with van der Waals surface area (Å²) in [5.74, 6) is 1.78. The van der Waals surface area contributed by atoms with Crippen LogP contribution in [0.5, 0.6) is 0 Å². The molecule has 2 atom stereocenters. The van der Waals surface area contributed by atoms with E-state index >= 15 is 0 Å². The van der Waals surface area contributed by atoms with E-state index in [0.717, 1.165) is 24.8 Å². The molecule has 19 heavy (non-hydrogen) atoms. The van der Waals surface area contributed by atoms with Crippen LogP contribution in [0.15, 0.2) is 0 Å². The van der Waals surface area contributed by atoms with Gasteiger partial charge in [0.25, 0.3) is 0 Å². The third-order valence-electron chi connectivity index (χ3n) is 4.89. The molecule has 0 amide bonds. The van der Waals surface area contributed by atoms with Crippen molar-refractivity contribution in [3.05, 3.63) is 11.3 Å². The minimum absolute atomic E-state index is 0.551. The molecule has 0 saturated carbocycles. The van der Waals surface area contributed by atoms with Crippen molar-refractivity contribution in [2.75, 3.05) is 25.0 Å². The molecule has 2 aliphatic rings.